The van der Waals surface area contributed by atoms with E-state index in [2.05, 4.69) is 5.32 Å². The summed E-state index contributed by atoms with van der Waals surface area (Å²) in [6.45, 7) is 21.4. The fourth-order valence-corrected chi connectivity index (χ4v) is 10.8. The summed E-state index contributed by atoms with van der Waals surface area (Å²) in [6.07, 6.45) is -6.13. The first kappa shape index (κ1) is 54.3. The van der Waals surface area contributed by atoms with E-state index in [9.17, 15) is 25.2 Å². The molecule has 0 saturated carbocycles. The van der Waals surface area contributed by atoms with Crippen LogP contribution in [0.4, 0.5) is 5.69 Å². The molecular formula is C49H84N4O13. The fourth-order valence-electron chi connectivity index (χ4n) is 10.8. The third-order valence-corrected chi connectivity index (χ3v) is 15.2. The van der Waals surface area contributed by atoms with Crippen LogP contribution in [0.15, 0.2) is 29.3 Å². The molecule has 1 aromatic rings. The Hall–Kier alpha value is -2.68. The molecule has 0 aliphatic carbocycles. The maximum atomic E-state index is 14.6. The molecule has 378 valence electrons. The van der Waals surface area contributed by atoms with E-state index >= 15 is 0 Å². The van der Waals surface area contributed by atoms with Crippen molar-refractivity contribution in [3.63, 3.8) is 0 Å². The molecule has 5 N–H and O–H groups in total. The molecule has 4 saturated heterocycles. The van der Waals surface area contributed by atoms with Gasteiger partial charge in [0.2, 0.25) is 0 Å². The molecule has 4 heterocycles. The van der Waals surface area contributed by atoms with Crippen molar-refractivity contribution in [3.8, 4) is 5.75 Å². The van der Waals surface area contributed by atoms with Gasteiger partial charge in [0, 0.05) is 45.6 Å². The second kappa shape index (κ2) is 22.0. The lowest BCUT2D eigenvalue weighted by Crippen LogP contribution is -2.70. The first-order valence-electron chi connectivity index (χ1n) is 24.1. The Morgan fingerprint density at radius 2 is 1.59 bits per heavy atom. The van der Waals surface area contributed by atoms with Crippen LogP contribution in [0.3, 0.4) is 0 Å². The zero-order chi connectivity index (χ0) is 49.1. The van der Waals surface area contributed by atoms with Gasteiger partial charge in [0.25, 0.3) is 6.02 Å². The summed E-state index contributed by atoms with van der Waals surface area (Å²) in [5, 5.41) is 52.1. The Balaban J connectivity index is 1.58. The second-order valence-electron chi connectivity index (χ2n) is 20.5. The highest BCUT2D eigenvalue weighted by molar-refractivity contribution is 5.79. The van der Waals surface area contributed by atoms with Gasteiger partial charge in [0.05, 0.1) is 54.8 Å². The number of hydrogen-bond donors (Lipinski definition) is 5. The summed E-state index contributed by atoms with van der Waals surface area (Å²) in [5.74, 6) is -1.95. The third-order valence-electron chi connectivity index (χ3n) is 15.2. The van der Waals surface area contributed by atoms with Crippen molar-refractivity contribution in [1.29, 1.82) is 0 Å². The summed E-state index contributed by atoms with van der Waals surface area (Å²) in [7, 11) is 6.95. The van der Waals surface area contributed by atoms with Gasteiger partial charge in [-0.1, -0.05) is 27.7 Å². The Labute approximate surface area is 393 Å². The zero-order valence-electron chi connectivity index (χ0n) is 42.4. The molecule has 17 nitrogen and oxygen atoms in total. The van der Waals surface area contributed by atoms with E-state index in [0.717, 1.165) is 6.42 Å². The molecule has 0 radical (unpaired) electrons. The quantitative estimate of drug-likeness (QED) is 0.146. The van der Waals surface area contributed by atoms with E-state index in [-0.39, 0.29) is 43.9 Å². The number of likely N-dealkylation sites (N-methyl/N-ethyl adjacent to an activating group) is 2. The second-order valence-corrected chi connectivity index (χ2v) is 20.5. The number of aliphatic imine (C=N–C) groups is 1. The van der Waals surface area contributed by atoms with Crippen LogP contribution in [0.5, 0.6) is 5.75 Å². The molecule has 66 heavy (non-hydrogen) atoms. The summed E-state index contributed by atoms with van der Waals surface area (Å²) < 4.78 is 51.4. The predicted octanol–water partition coefficient (Wildman–Crippen LogP) is 4.37. The number of hydrogen-bond acceptors (Lipinski definition) is 16. The number of aliphatic hydroxyl groups is 4. The minimum absolute atomic E-state index is 0.0915. The van der Waals surface area contributed by atoms with Crippen LogP contribution in [0, 0.1) is 17.8 Å². The minimum atomic E-state index is -1.83. The number of nitrogens with zero attached hydrogens (tertiary/aromatic N) is 3. The number of carbonyl (C=O) groups excluding carboxylic acids is 1. The number of amidine groups is 1. The van der Waals surface area contributed by atoms with Crippen LogP contribution >= 0.6 is 0 Å². The monoisotopic (exact) mass is 937 g/mol. The van der Waals surface area contributed by atoms with Gasteiger partial charge in [-0.2, -0.15) is 4.99 Å². The number of rotatable bonds is 12. The molecule has 0 spiro atoms. The lowest BCUT2D eigenvalue weighted by molar-refractivity contribution is -0.335. The number of nitrogens with one attached hydrogen (secondary N) is 1. The van der Waals surface area contributed by atoms with Crippen LogP contribution in [0.1, 0.15) is 108 Å². The van der Waals surface area contributed by atoms with Crippen molar-refractivity contribution in [2.75, 3.05) is 47.9 Å². The number of aliphatic hydroxyl groups excluding tert-OH is 1. The molecule has 0 bridgehead atoms. The van der Waals surface area contributed by atoms with Crippen molar-refractivity contribution in [3.05, 3.63) is 24.3 Å². The number of benzene rings is 1. The normalized spacial score (nSPS) is 44.0. The van der Waals surface area contributed by atoms with Gasteiger partial charge in [-0.25, -0.2) is 0 Å². The predicted molar refractivity (Wildman–Crippen MR) is 249 cm³/mol. The fraction of sp³-hybridized carbons (Fsp3) is 0.837. The van der Waals surface area contributed by atoms with Crippen molar-refractivity contribution in [2.45, 2.75) is 198 Å². The van der Waals surface area contributed by atoms with Crippen LogP contribution in [-0.2, 0) is 38.0 Å². The van der Waals surface area contributed by atoms with Crippen LogP contribution < -0.4 is 10.1 Å². The molecule has 1 aromatic carbocycles. The van der Waals surface area contributed by atoms with Crippen molar-refractivity contribution in [2.24, 2.45) is 22.7 Å². The molecule has 0 aromatic heterocycles. The van der Waals surface area contributed by atoms with Crippen molar-refractivity contribution < 1.29 is 63.1 Å². The van der Waals surface area contributed by atoms with E-state index in [4.69, 9.17) is 42.9 Å². The van der Waals surface area contributed by atoms with Gasteiger partial charge in [-0.05, 0) is 118 Å². The Bertz CT molecular complexity index is 1750. The van der Waals surface area contributed by atoms with Gasteiger partial charge in [-0.3, -0.25) is 4.79 Å². The molecule has 0 amide bonds. The number of ether oxygens (including phenoxy) is 8. The van der Waals surface area contributed by atoms with E-state index in [0.29, 0.717) is 37.0 Å². The molecule has 4 fully saturated rings. The van der Waals surface area contributed by atoms with Crippen LogP contribution in [0.2, 0.25) is 0 Å². The average molecular weight is 937 g/mol. The number of fused-ring (bicyclic) bond motifs is 1. The van der Waals surface area contributed by atoms with Crippen molar-refractivity contribution in [1.82, 2.24) is 15.1 Å². The maximum absolute atomic E-state index is 14.6. The summed E-state index contributed by atoms with van der Waals surface area (Å²) in [5.41, 5.74) is -5.33. The molecule has 17 heteroatoms. The molecule has 4 aliphatic heterocycles. The Kier molecular flexibility index (Phi) is 18.0. The van der Waals surface area contributed by atoms with Crippen molar-refractivity contribution >= 4 is 17.7 Å². The number of esters is 1. The number of methoxy groups -OCH3 is 2. The van der Waals surface area contributed by atoms with E-state index in [1.807, 2.05) is 89.7 Å². The molecular weight excluding hydrogens is 853 g/mol. The third kappa shape index (κ3) is 11.5. The standard InChI is InChI=1S/C49H84N4O13/c1-16-22-50-27-49(58)33(8)62-38(25-47(49,10)60-15)64-39-30(5)42(66-44-40-36(23-29(4)61-44)53(13)45(65-40)51-34-18-20-35(59-14)21-19-34)46(9,56)24-28(3)26-52(12)32(7)41(54)48(11,57)37(17-2)63-43(55)31(39)6/h18-21,28-33,36-42,44,50,54,56-58H,16-17,22-27H2,1-15H3/t28-,29-,30+,31-,32-,33+,36+,37-,38+,39+,40-,41-,42-,44+,46-,47-,48-,49+/m1/s1. The number of cyclic esters (lactones) is 1. The molecule has 4 aliphatic rings. The van der Waals surface area contributed by atoms with E-state index < -0.39 is 95.5 Å². The number of carbonyl (C=O) groups is 1. The lowest BCUT2D eigenvalue weighted by Gasteiger charge is -2.53. The summed E-state index contributed by atoms with van der Waals surface area (Å²) in [6, 6.07) is 7.01. The van der Waals surface area contributed by atoms with Gasteiger partial charge < -0.3 is 73.4 Å². The largest absolute Gasteiger partial charge is 0.497 e. The molecule has 0 unspecified atom stereocenters. The van der Waals surface area contributed by atoms with Crippen LogP contribution in [0.25, 0.3) is 0 Å². The first-order chi connectivity index (χ1) is 30.9. The Morgan fingerprint density at radius 3 is 2.20 bits per heavy atom. The van der Waals surface area contributed by atoms with Gasteiger partial charge in [0.1, 0.15) is 34.8 Å². The summed E-state index contributed by atoms with van der Waals surface area (Å²) >= 11 is 0. The van der Waals surface area contributed by atoms with E-state index in [1.165, 1.54) is 6.92 Å². The Morgan fingerprint density at radius 1 is 0.924 bits per heavy atom. The van der Waals surface area contributed by atoms with Gasteiger partial charge in [0.15, 0.2) is 18.7 Å². The average Bonchev–Trinajstić information content (AvgIpc) is 3.57. The highest BCUT2D eigenvalue weighted by Crippen LogP contribution is 2.44. The smallest absolute Gasteiger partial charge is 0.311 e. The maximum Gasteiger partial charge on any atom is 0.311 e. The molecule has 5 rings (SSSR count). The SMILES string of the molecule is CCCNC[C@]1(O)[C@H](C)O[C@@H](O[C@H]2[C@H](C)[C@@H](O[C@@H]3O[C@H](C)C[C@H]4[C@H]3OC(=Nc3ccc(OC)cc3)N4C)[C@](C)(O)C[C@@H](C)CN(C)[C@H](C)[C@@H](O)[C@](C)(O)[C@@H](CC)OC(=O)[C@@H]2C)C[C@@]1(C)OC. The topological polar surface area (TPSA) is 203 Å². The van der Waals surface area contributed by atoms with Gasteiger partial charge >= 0.3 is 5.97 Å². The highest BCUT2D eigenvalue weighted by atomic mass is 16.7. The lowest BCUT2D eigenvalue weighted by atomic mass is 9.75. The zero-order valence-corrected chi connectivity index (χ0v) is 42.4. The summed E-state index contributed by atoms with van der Waals surface area (Å²) in [4.78, 5) is 23.4. The highest BCUT2D eigenvalue weighted by Gasteiger charge is 2.59. The van der Waals surface area contributed by atoms with E-state index in [1.54, 1.807) is 41.9 Å². The first-order valence-corrected chi connectivity index (χ1v) is 24.1. The minimum Gasteiger partial charge on any atom is -0.497 e. The van der Waals surface area contributed by atoms with Crippen LogP contribution in [-0.4, -0.2) is 180 Å². The molecule has 18 atom stereocenters. The van der Waals surface area contributed by atoms with Gasteiger partial charge in [-0.15, -0.1) is 0 Å².